The number of aromatic nitrogens is 1. The molecule has 1 aromatic heterocycles. The molecule has 1 aliphatic rings. The summed E-state index contributed by atoms with van der Waals surface area (Å²) in [5, 5.41) is 7.37. The van der Waals surface area contributed by atoms with Crippen LogP contribution in [0.3, 0.4) is 0 Å². The van der Waals surface area contributed by atoms with Crippen LogP contribution in [0.1, 0.15) is 22.6 Å². The van der Waals surface area contributed by atoms with Crippen LogP contribution >= 0.6 is 0 Å². The van der Waals surface area contributed by atoms with E-state index in [1.807, 2.05) is 39.1 Å². The average molecular weight is 344 g/mol. The summed E-state index contributed by atoms with van der Waals surface area (Å²) in [6, 6.07) is 6.00. The van der Waals surface area contributed by atoms with Crippen molar-refractivity contribution in [1.29, 1.82) is 0 Å². The second-order valence-electron chi connectivity index (χ2n) is 6.07. The molecule has 0 saturated heterocycles. The van der Waals surface area contributed by atoms with Crippen LogP contribution in [0.5, 0.6) is 11.5 Å². The number of nitrogens with zero attached hydrogens (tertiary/aromatic N) is 3. The quantitative estimate of drug-likeness (QED) is 0.663. The molecule has 3 rings (SSSR count). The average Bonchev–Trinajstić information content (AvgIpc) is 3.18. The van der Waals surface area contributed by atoms with Crippen LogP contribution in [0.2, 0.25) is 0 Å². The smallest absolute Gasteiger partial charge is 0.231 e. The number of fused-ring (bicyclic) bond motifs is 1. The van der Waals surface area contributed by atoms with Gasteiger partial charge in [0.1, 0.15) is 5.76 Å². The van der Waals surface area contributed by atoms with Gasteiger partial charge in [-0.2, -0.15) is 0 Å². The third-order valence-electron chi connectivity index (χ3n) is 4.27. The molecule has 1 N–H and O–H groups in total. The molecule has 7 heteroatoms. The molecule has 0 fully saturated rings. The maximum atomic E-state index is 5.43. The van der Waals surface area contributed by atoms with Crippen LogP contribution in [0, 0.1) is 13.8 Å². The lowest BCUT2D eigenvalue weighted by atomic mass is 10.1. The van der Waals surface area contributed by atoms with Crippen LogP contribution < -0.4 is 14.8 Å². The normalized spacial score (nSPS) is 13.2. The van der Waals surface area contributed by atoms with Crippen LogP contribution in [0.25, 0.3) is 0 Å². The second kappa shape index (κ2) is 7.46. The van der Waals surface area contributed by atoms with E-state index in [-0.39, 0.29) is 0 Å². The van der Waals surface area contributed by atoms with Gasteiger partial charge in [0.15, 0.2) is 17.5 Å². The Balaban J connectivity index is 1.55. The second-order valence-corrected chi connectivity index (χ2v) is 6.07. The zero-order chi connectivity index (χ0) is 17.8. The summed E-state index contributed by atoms with van der Waals surface area (Å²) in [5.74, 6) is 3.31. The first kappa shape index (κ1) is 17.1. The number of hydrogen-bond donors (Lipinski definition) is 1. The first-order chi connectivity index (χ1) is 12.1. The largest absolute Gasteiger partial charge is 0.454 e. The van der Waals surface area contributed by atoms with Crippen molar-refractivity contribution >= 4 is 5.96 Å². The van der Waals surface area contributed by atoms with Crippen LogP contribution in [-0.4, -0.2) is 43.4 Å². The number of ether oxygens (including phenoxy) is 2. The van der Waals surface area contributed by atoms with E-state index < -0.39 is 0 Å². The van der Waals surface area contributed by atoms with E-state index in [9.17, 15) is 0 Å². The van der Waals surface area contributed by atoms with Gasteiger partial charge in [-0.25, -0.2) is 0 Å². The van der Waals surface area contributed by atoms with E-state index in [1.165, 1.54) is 0 Å². The monoisotopic (exact) mass is 344 g/mol. The van der Waals surface area contributed by atoms with Crippen molar-refractivity contribution < 1.29 is 14.0 Å². The first-order valence-electron chi connectivity index (χ1n) is 8.30. The maximum Gasteiger partial charge on any atom is 0.231 e. The summed E-state index contributed by atoms with van der Waals surface area (Å²) in [6.45, 7) is 5.69. The lowest BCUT2D eigenvalue weighted by molar-refractivity contribution is 0.174. The fraction of sp³-hybridized carbons (Fsp3) is 0.444. The molecule has 0 aliphatic carbocycles. The summed E-state index contributed by atoms with van der Waals surface area (Å²) in [7, 11) is 3.80. The van der Waals surface area contributed by atoms with Crippen molar-refractivity contribution in [2.45, 2.75) is 26.8 Å². The molecule has 1 aliphatic heterocycles. The highest BCUT2D eigenvalue weighted by Crippen LogP contribution is 2.32. The summed E-state index contributed by atoms with van der Waals surface area (Å²) < 4.78 is 16.0. The highest BCUT2D eigenvalue weighted by Gasteiger charge is 2.15. The van der Waals surface area contributed by atoms with Gasteiger partial charge >= 0.3 is 0 Å². The van der Waals surface area contributed by atoms with Gasteiger partial charge in [-0.3, -0.25) is 4.99 Å². The van der Waals surface area contributed by atoms with Gasteiger partial charge in [0, 0.05) is 32.7 Å². The third-order valence-corrected chi connectivity index (χ3v) is 4.27. The minimum Gasteiger partial charge on any atom is -0.454 e. The van der Waals surface area contributed by atoms with Crippen LogP contribution in [-0.2, 0) is 13.0 Å². The van der Waals surface area contributed by atoms with Crippen molar-refractivity contribution in [3.8, 4) is 11.5 Å². The number of guanidine groups is 1. The summed E-state index contributed by atoms with van der Waals surface area (Å²) >= 11 is 0. The molecule has 0 saturated carbocycles. The lowest BCUT2D eigenvalue weighted by Gasteiger charge is -2.22. The number of rotatable bonds is 5. The van der Waals surface area contributed by atoms with E-state index in [4.69, 9.17) is 14.0 Å². The summed E-state index contributed by atoms with van der Waals surface area (Å²) in [5.41, 5.74) is 3.24. The van der Waals surface area contributed by atoms with Gasteiger partial charge in [0.05, 0.1) is 5.69 Å². The molecule has 134 valence electrons. The van der Waals surface area contributed by atoms with E-state index >= 15 is 0 Å². The maximum absolute atomic E-state index is 5.43. The zero-order valence-corrected chi connectivity index (χ0v) is 15.1. The van der Waals surface area contributed by atoms with Crippen molar-refractivity contribution in [3.05, 3.63) is 40.8 Å². The molecule has 0 amide bonds. The van der Waals surface area contributed by atoms with Gasteiger partial charge in [0.2, 0.25) is 6.79 Å². The molecule has 0 bridgehead atoms. The van der Waals surface area contributed by atoms with Crippen molar-refractivity contribution in [1.82, 2.24) is 15.4 Å². The van der Waals surface area contributed by atoms with Gasteiger partial charge in [0.25, 0.3) is 0 Å². The molecule has 2 heterocycles. The third kappa shape index (κ3) is 3.87. The van der Waals surface area contributed by atoms with Gasteiger partial charge in [-0.05, 0) is 38.0 Å². The summed E-state index contributed by atoms with van der Waals surface area (Å²) in [6.07, 6.45) is 0.845. The molecule has 1 aromatic carbocycles. The SMILES string of the molecule is CN=C(NCCc1c(C)noc1C)N(C)Cc1ccc2c(c1)OCO2. The van der Waals surface area contributed by atoms with E-state index in [2.05, 4.69) is 20.4 Å². The minimum absolute atomic E-state index is 0.291. The molecule has 0 spiro atoms. The van der Waals surface area contributed by atoms with Crippen LogP contribution in [0.15, 0.2) is 27.7 Å². The molecule has 0 radical (unpaired) electrons. The van der Waals surface area contributed by atoms with E-state index in [0.29, 0.717) is 6.79 Å². The fourth-order valence-electron chi connectivity index (χ4n) is 2.93. The Morgan fingerprint density at radius 1 is 1.28 bits per heavy atom. The Bertz CT molecular complexity index is 750. The number of nitrogens with one attached hydrogen (secondary N) is 1. The first-order valence-corrected chi connectivity index (χ1v) is 8.30. The van der Waals surface area contributed by atoms with Gasteiger partial charge < -0.3 is 24.2 Å². The Morgan fingerprint density at radius 2 is 2.08 bits per heavy atom. The minimum atomic E-state index is 0.291. The van der Waals surface area contributed by atoms with Crippen molar-refractivity contribution in [2.24, 2.45) is 4.99 Å². The Morgan fingerprint density at radius 3 is 2.80 bits per heavy atom. The number of aryl methyl sites for hydroxylation is 2. The highest BCUT2D eigenvalue weighted by molar-refractivity contribution is 5.79. The number of hydrogen-bond acceptors (Lipinski definition) is 5. The Hall–Kier alpha value is -2.70. The van der Waals surface area contributed by atoms with Crippen molar-refractivity contribution in [2.75, 3.05) is 27.4 Å². The highest BCUT2D eigenvalue weighted by atomic mass is 16.7. The molecule has 7 nitrogen and oxygen atoms in total. The van der Waals surface area contributed by atoms with Gasteiger partial charge in [-0.1, -0.05) is 11.2 Å². The lowest BCUT2D eigenvalue weighted by Crippen LogP contribution is -2.39. The van der Waals surface area contributed by atoms with Crippen molar-refractivity contribution in [3.63, 3.8) is 0 Å². The number of aliphatic imine (C=N–C) groups is 1. The predicted octanol–water partition coefficient (Wildman–Crippen LogP) is 2.27. The molecule has 2 aromatic rings. The predicted molar refractivity (Wildman–Crippen MR) is 95.1 cm³/mol. The standard InChI is InChI=1S/C18H24N4O3/c1-12-15(13(2)25-21-12)7-8-20-18(19-3)22(4)10-14-5-6-16-17(9-14)24-11-23-16/h5-6,9H,7-8,10-11H2,1-4H3,(H,19,20). The topological polar surface area (TPSA) is 72.1 Å². The zero-order valence-electron chi connectivity index (χ0n) is 15.1. The molecular weight excluding hydrogens is 320 g/mol. The summed E-state index contributed by atoms with van der Waals surface area (Å²) in [4.78, 5) is 6.43. The van der Waals surface area contributed by atoms with E-state index in [0.717, 1.165) is 59.5 Å². The van der Waals surface area contributed by atoms with E-state index in [1.54, 1.807) is 7.05 Å². The Labute approximate surface area is 147 Å². The fourth-order valence-corrected chi connectivity index (χ4v) is 2.93. The van der Waals surface area contributed by atoms with Crippen LogP contribution in [0.4, 0.5) is 0 Å². The number of benzene rings is 1. The Kier molecular flexibility index (Phi) is 5.11. The molecular formula is C18H24N4O3. The molecule has 0 atom stereocenters. The molecule has 25 heavy (non-hydrogen) atoms. The van der Waals surface area contributed by atoms with Gasteiger partial charge in [-0.15, -0.1) is 0 Å². The molecule has 0 unspecified atom stereocenters.